The maximum atomic E-state index is 3.68. The largest absolute Gasteiger partial charge is 0.354 e. The molecule has 0 atom stereocenters. The smallest absolute Gasteiger partial charge is 0.0544 e. The molecule has 0 aliphatic rings. The van der Waals surface area contributed by atoms with Crippen LogP contribution in [0.15, 0.2) is 121 Å². The van der Waals surface area contributed by atoms with E-state index < -0.39 is 0 Å². The van der Waals surface area contributed by atoms with Gasteiger partial charge in [-0.15, -0.1) is 0 Å². The van der Waals surface area contributed by atoms with Gasteiger partial charge in [0.05, 0.1) is 5.52 Å². The van der Waals surface area contributed by atoms with Crippen molar-refractivity contribution in [2.24, 2.45) is 0 Å². The van der Waals surface area contributed by atoms with Crippen LogP contribution in [0.4, 0.5) is 0 Å². The molecule has 0 radical (unpaired) electrons. The highest BCUT2D eigenvalue weighted by Crippen LogP contribution is 2.40. The second-order valence-corrected chi connectivity index (χ2v) is 7.89. The van der Waals surface area contributed by atoms with E-state index in [9.17, 15) is 0 Å². The predicted octanol–water partition coefficient (Wildman–Crippen LogP) is 8.32. The van der Waals surface area contributed by atoms with Crippen molar-refractivity contribution in [3.8, 4) is 33.4 Å². The van der Waals surface area contributed by atoms with Gasteiger partial charge in [-0.05, 0) is 39.9 Å². The van der Waals surface area contributed by atoms with Crippen molar-refractivity contribution in [2.45, 2.75) is 0 Å². The number of para-hydroxylation sites is 2. The van der Waals surface area contributed by atoms with E-state index >= 15 is 0 Å². The van der Waals surface area contributed by atoms with Gasteiger partial charge in [0.2, 0.25) is 0 Å². The van der Waals surface area contributed by atoms with Gasteiger partial charge in [0, 0.05) is 21.9 Å². The molecule has 0 aliphatic heterocycles. The summed E-state index contributed by atoms with van der Waals surface area (Å²) >= 11 is 0. The fourth-order valence-electron chi connectivity index (χ4n) is 4.54. The maximum Gasteiger partial charge on any atom is 0.0544 e. The van der Waals surface area contributed by atoms with Crippen LogP contribution in [0, 0.1) is 0 Å². The molecule has 1 heterocycles. The molecule has 0 spiro atoms. The van der Waals surface area contributed by atoms with E-state index in [1.807, 2.05) is 0 Å². The second-order valence-electron chi connectivity index (χ2n) is 7.89. The van der Waals surface area contributed by atoms with Gasteiger partial charge in [0.15, 0.2) is 0 Å². The average molecular weight is 396 g/mol. The van der Waals surface area contributed by atoms with Crippen LogP contribution < -0.4 is 0 Å². The minimum absolute atomic E-state index is 1.17. The number of H-pyrrole nitrogens is 1. The fourth-order valence-corrected chi connectivity index (χ4v) is 4.54. The lowest BCUT2D eigenvalue weighted by molar-refractivity contribution is 1.52. The van der Waals surface area contributed by atoms with E-state index in [4.69, 9.17) is 0 Å². The third-order valence-electron chi connectivity index (χ3n) is 6.04. The van der Waals surface area contributed by atoms with Crippen LogP contribution in [-0.2, 0) is 0 Å². The molecule has 6 aromatic rings. The normalized spacial score (nSPS) is 11.2. The number of aromatic nitrogens is 1. The molecule has 0 amide bonds. The van der Waals surface area contributed by atoms with E-state index in [0.29, 0.717) is 0 Å². The Kier molecular flexibility index (Phi) is 4.18. The molecule has 0 bridgehead atoms. The molecule has 0 saturated carbocycles. The monoisotopic (exact) mass is 395 g/mol. The van der Waals surface area contributed by atoms with Gasteiger partial charge >= 0.3 is 0 Å². The molecule has 6 rings (SSSR count). The number of aromatic amines is 1. The van der Waals surface area contributed by atoms with Crippen molar-refractivity contribution in [1.82, 2.24) is 4.98 Å². The Morgan fingerprint density at radius 2 is 1.06 bits per heavy atom. The number of nitrogens with one attached hydrogen (secondary N) is 1. The Labute approximate surface area is 181 Å². The Morgan fingerprint density at radius 1 is 0.387 bits per heavy atom. The molecule has 0 unspecified atom stereocenters. The van der Waals surface area contributed by atoms with Gasteiger partial charge in [-0.3, -0.25) is 0 Å². The third kappa shape index (κ3) is 3.03. The Balaban J connectivity index is 1.67. The van der Waals surface area contributed by atoms with Crippen LogP contribution >= 0.6 is 0 Å². The summed E-state index contributed by atoms with van der Waals surface area (Å²) in [5.41, 5.74) is 9.75. The predicted molar refractivity (Wildman–Crippen MR) is 132 cm³/mol. The number of rotatable bonds is 3. The summed E-state index contributed by atoms with van der Waals surface area (Å²) in [4.78, 5) is 3.68. The molecule has 1 heteroatoms. The first kappa shape index (κ1) is 17.7. The molecule has 1 aromatic heterocycles. The van der Waals surface area contributed by atoms with Gasteiger partial charge in [-0.2, -0.15) is 0 Å². The summed E-state index contributed by atoms with van der Waals surface area (Å²) < 4.78 is 0. The summed E-state index contributed by atoms with van der Waals surface area (Å²) in [7, 11) is 0. The van der Waals surface area contributed by atoms with Gasteiger partial charge < -0.3 is 4.98 Å². The Morgan fingerprint density at radius 3 is 1.87 bits per heavy atom. The van der Waals surface area contributed by atoms with E-state index in [2.05, 4.69) is 126 Å². The highest BCUT2D eigenvalue weighted by molar-refractivity contribution is 6.12. The van der Waals surface area contributed by atoms with E-state index in [0.717, 1.165) is 0 Å². The molecule has 0 aliphatic carbocycles. The minimum Gasteiger partial charge on any atom is -0.354 e. The molecule has 146 valence electrons. The fraction of sp³-hybridized carbons (Fsp3) is 0. The van der Waals surface area contributed by atoms with Crippen molar-refractivity contribution in [2.75, 3.05) is 0 Å². The van der Waals surface area contributed by atoms with Crippen molar-refractivity contribution in [3.63, 3.8) is 0 Å². The first-order valence-electron chi connectivity index (χ1n) is 10.6. The Bertz CT molecular complexity index is 1510. The summed E-state index contributed by atoms with van der Waals surface area (Å²) in [6.07, 6.45) is 0. The molecule has 31 heavy (non-hydrogen) atoms. The maximum absolute atomic E-state index is 3.68. The van der Waals surface area contributed by atoms with Crippen molar-refractivity contribution in [1.29, 1.82) is 0 Å². The van der Waals surface area contributed by atoms with Crippen LogP contribution in [0.1, 0.15) is 0 Å². The highest BCUT2D eigenvalue weighted by atomic mass is 14.7. The van der Waals surface area contributed by atoms with Gasteiger partial charge in [-0.25, -0.2) is 0 Å². The Hall–Kier alpha value is -4.10. The molecular weight excluding hydrogens is 374 g/mol. The first-order chi connectivity index (χ1) is 15.4. The number of hydrogen-bond donors (Lipinski definition) is 1. The van der Waals surface area contributed by atoms with E-state index in [1.54, 1.807) is 0 Å². The third-order valence-corrected chi connectivity index (χ3v) is 6.04. The quantitative estimate of drug-likeness (QED) is 0.310. The lowest BCUT2D eigenvalue weighted by Gasteiger charge is -2.14. The summed E-state index contributed by atoms with van der Waals surface area (Å²) in [6, 6.07) is 43.2. The van der Waals surface area contributed by atoms with E-state index in [-0.39, 0.29) is 0 Å². The standard InChI is InChI=1S/C30H21N/c1-3-10-21(11-4-1)23-18-19-24(22-12-5-2-6-13-22)28(20-23)27-16-9-15-26-25-14-7-8-17-29(25)31-30(26)27/h1-20,31H. The molecule has 0 saturated heterocycles. The lowest BCUT2D eigenvalue weighted by Crippen LogP contribution is -1.89. The lowest BCUT2D eigenvalue weighted by atomic mass is 9.90. The second kappa shape index (κ2) is 7.30. The van der Waals surface area contributed by atoms with Crippen molar-refractivity contribution in [3.05, 3.63) is 121 Å². The van der Waals surface area contributed by atoms with Crippen LogP contribution in [0.25, 0.3) is 55.2 Å². The molecule has 0 fully saturated rings. The average Bonchev–Trinajstić information content (AvgIpc) is 3.24. The van der Waals surface area contributed by atoms with Crippen LogP contribution in [0.5, 0.6) is 0 Å². The summed E-state index contributed by atoms with van der Waals surface area (Å²) in [6.45, 7) is 0. The number of hydrogen-bond acceptors (Lipinski definition) is 0. The van der Waals surface area contributed by atoms with Gasteiger partial charge in [0.25, 0.3) is 0 Å². The highest BCUT2D eigenvalue weighted by Gasteiger charge is 2.14. The van der Waals surface area contributed by atoms with Crippen molar-refractivity contribution < 1.29 is 0 Å². The number of fused-ring (bicyclic) bond motifs is 3. The van der Waals surface area contributed by atoms with E-state index in [1.165, 1.54) is 55.2 Å². The first-order valence-corrected chi connectivity index (χ1v) is 10.6. The molecule has 1 nitrogen and oxygen atoms in total. The zero-order valence-corrected chi connectivity index (χ0v) is 17.0. The van der Waals surface area contributed by atoms with Gasteiger partial charge in [0.1, 0.15) is 0 Å². The van der Waals surface area contributed by atoms with Crippen molar-refractivity contribution >= 4 is 21.8 Å². The number of benzene rings is 5. The van der Waals surface area contributed by atoms with Gasteiger partial charge in [-0.1, -0.05) is 109 Å². The SMILES string of the molecule is c1ccc(-c2ccc(-c3ccccc3)c(-c3cccc4c3[nH]c3ccccc34)c2)cc1. The summed E-state index contributed by atoms with van der Waals surface area (Å²) in [5.74, 6) is 0. The van der Waals surface area contributed by atoms with Crippen LogP contribution in [0.2, 0.25) is 0 Å². The van der Waals surface area contributed by atoms with Crippen LogP contribution in [0.3, 0.4) is 0 Å². The molecule has 1 N–H and O–H groups in total. The zero-order valence-electron chi connectivity index (χ0n) is 17.0. The minimum atomic E-state index is 1.17. The van der Waals surface area contributed by atoms with Crippen LogP contribution in [-0.4, -0.2) is 4.98 Å². The molecule has 5 aromatic carbocycles. The molecular formula is C30H21N. The zero-order chi connectivity index (χ0) is 20.6. The summed E-state index contributed by atoms with van der Waals surface area (Å²) in [5, 5.41) is 2.53. The topological polar surface area (TPSA) is 15.8 Å².